The van der Waals surface area contributed by atoms with Crippen molar-refractivity contribution in [3.63, 3.8) is 0 Å². The molecule has 2 heterocycles. The highest BCUT2D eigenvalue weighted by Gasteiger charge is 2.70. The number of halogens is 1. The van der Waals surface area contributed by atoms with Crippen LogP contribution in [0.25, 0.3) is 0 Å². The second kappa shape index (κ2) is 5.67. The molecule has 28 heavy (non-hydrogen) atoms. The first-order chi connectivity index (χ1) is 13.7. The van der Waals surface area contributed by atoms with Gasteiger partial charge in [-0.3, -0.25) is 14.5 Å². The van der Waals surface area contributed by atoms with Crippen LogP contribution in [0.2, 0.25) is 5.02 Å². The molecule has 2 saturated carbocycles. The lowest BCUT2D eigenvalue weighted by atomic mass is 9.71. The highest BCUT2D eigenvalue weighted by atomic mass is 35.5. The van der Waals surface area contributed by atoms with E-state index in [0.29, 0.717) is 10.7 Å². The van der Waals surface area contributed by atoms with Crippen LogP contribution in [0.1, 0.15) is 12.0 Å². The third kappa shape index (κ3) is 1.95. The van der Waals surface area contributed by atoms with Crippen molar-refractivity contribution in [3.05, 3.63) is 65.2 Å². The lowest BCUT2D eigenvalue weighted by molar-refractivity contribution is -0.125. The molecule has 2 aromatic carbocycles. The summed E-state index contributed by atoms with van der Waals surface area (Å²) in [5, 5.41) is 4.97. The number of fused-ring (bicyclic) bond motifs is 8. The lowest BCUT2D eigenvalue weighted by Crippen LogP contribution is -2.41. The Morgan fingerprint density at radius 1 is 0.893 bits per heavy atom. The Hall–Kier alpha value is -2.66. The number of amides is 2. The summed E-state index contributed by atoms with van der Waals surface area (Å²) in [6, 6.07) is 16.8. The van der Waals surface area contributed by atoms with E-state index in [0.717, 1.165) is 17.7 Å². The molecule has 1 saturated heterocycles. The maximum Gasteiger partial charge on any atom is 0.238 e. The minimum atomic E-state index is -0.306. The van der Waals surface area contributed by atoms with Gasteiger partial charge in [-0.1, -0.05) is 53.2 Å². The highest BCUT2D eigenvalue weighted by molar-refractivity contribution is 6.34. The average Bonchev–Trinajstić information content (AvgIpc) is 3.43. The van der Waals surface area contributed by atoms with Crippen LogP contribution in [0.15, 0.2) is 59.8 Å². The van der Waals surface area contributed by atoms with E-state index in [1.807, 2.05) is 54.6 Å². The van der Waals surface area contributed by atoms with Crippen molar-refractivity contribution >= 4 is 34.8 Å². The van der Waals surface area contributed by atoms with E-state index in [4.69, 9.17) is 16.4 Å². The summed E-state index contributed by atoms with van der Waals surface area (Å²) in [4.78, 5) is 33.6. The summed E-state index contributed by atoms with van der Waals surface area (Å²) in [6.45, 7) is 0. The summed E-state index contributed by atoms with van der Waals surface area (Å²) in [6.07, 6.45) is 0.679. The van der Waals surface area contributed by atoms with Crippen LogP contribution in [-0.4, -0.2) is 23.6 Å². The number of carbonyl (C=O) groups is 2. The second-order valence-corrected chi connectivity index (χ2v) is 8.42. The van der Waals surface area contributed by atoms with Crippen molar-refractivity contribution < 1.29 is 14.4 Å². The van der Waals surface area contributed by atoms with E-state index < -0.39 is 0 Å². The largest absolute Gasteiger partial charge is 0.391 e. The van der Waals surface area contributed by atoms with Crippen LogP contribution in [0.4, 0.5) is 5.69 Å². The van der Waals surface area contributed by atoms with E-state index >= 15 is 0 Å². The van der Waals surface area contributed by atoms with Gasteiger partial charge in [-0.25, -0.2) is 0 Å². The first kappa shape index (κ1) is 16.3. The minimum Gasteiger partial charge on any atom is -0.391 e. The van der Waals surface area contributed by atoms with E-state index in [2.05, 4.69) is 5.16 Å². The third-order valence-electron chi connectivity index (χ3n) is 6.85. The number of nitrogens with zero attached hydrogens (tertiary/aromatic N) is 2. The number of hydrogen-bond donors (Lipinski definition) is 0. The monoisotopic (exact) mass is 392 g/mol. The zero-order valence-corrected chi connectivity index (χ0v) is 15.6. The topological polar surface area (TPSA) is 59.0 Å². The van der Waals surface area contributed by atoms with Gasteiger partial charge in [0.05, 0.1) is 23.2 Å². The summed E-state index contributed by atoms with van der Waals surface area (Å²) in [5.41, 5.74) is 2.33. The number of para-hydroxylation sites is 1. The van der Waals surface area contributed by atoms with Crippen molar-refractivity contribution in [3.8, 4) is 0 Å². The normalized spacial score (nSPS) is 35.0. The molecule has 140 valence electrons. The van der Waals surface area contributed by atoms with Crippen LogP contribution >= 0.6 is 11.6 Å². The summed E-state index contributed by atoms with van der Waals surface area (Å²) < 4.78 is 0. The fourth-order valence-electron chi connectivity index (χ4n) is 5.85. The van der Waals surface area contributed by atoms with E-state index in [-0.39, 0.29) is 47.5 Å². The van der Waals surface area contributed by atoms with Gasteiger partial charge in [0.1, 0.15) is 6.10 Å². The van der Waals surface area contributed by atoms with Gasteiger partial charge in [-0.15, -0.1) is 0 Å². The fourth-order valence-corrected chi connectivity index (χ4v) is 6.08. The van der Waals surface area contributed by atoms with Crippen LogP contribution in [-0.2, 0) is 14.4 Å². The number of oxime groups is 1. The lowest BCUT2D eigenvalue weighted by Gasteiger charge is -2.30. The molecule has 3 fully saturated rings. The van der Waals surface area contributed by atoms with Gasteiger partial charge in [-0.05, 0) is 30.5 Å². The van der Waals surface area contributed by atoms with Crippen molar-refractivity contribution in [2.24, 2.45) is 34.7 Å². The smallest absolute Gasteiger partial charge is 0.238 e. The number of anilines is 1. The molecule has 0 unspecified atom stereocenters. The number of carbonyl (C=O) groups excluding carboxylic acids is 2. The molecule has 6 atom stereocenters. The predicted molar refractivity (Wildman–Crippen MR) is 104 cm³/mol. The van der Waals surface area contributed by atoms with Crippen LogP contribution in [0, 0.1) is 29.6 Å². The van der Waals surface area contributed by atoms with Crippen molar-refractivity contribution in [1.29, 1.82) is 0 Å². The third-order valence-corrected chi connectivity index (χ3v) is 7.18. The number of imide groups is 1. The average molecular weight is 393 g/mol. The second-order valence-electron chi connectivity index (χ2n) is 8.01. The van der Waals surface area contributed by atoms with Crippen molar-refractivity contribution in [2.75, 3.05) is 4.90 Å². The Kier molecular flexibility index (Phi) is 3.30. The molecule has 0 N–H and O–H groups in total. The summed E-state index contributed by atoms with van der Waals surface area (Å²) in [7, 11) is 0. The van der Waals surface area contributed by atoms with E-state index in [1.165, 1.54) is 4.90 Å². The molecule has 2 aliphatic carbocycles. The Labute approximate surface area is 166 Å². The first-order valence-corrected chi connectivity index (χ1v) is 9.96. The fraction of sp³-hybridized carbons (Fsp3) is 0.318. The standard InChI is InChI=1S/C22H17ClN2O3/c23-15-9-5-4-8-12(15)19-18-13-10-14(20(18)28-24-19)17-16(13)21(26)25(22(17)27)11-6-2-1-3-7-11/h1-9,13-14,16-18,20H,10H2/t13-,14-,16-,17-,18-,20+/m0/s1. The molecule has 4 aliphatic rings. The van der Waals surface area contributed by atoms with Gasteiger partial charge in [0.25, 0.3) is 0 Å². The van der Waals surface area contributed by atoms with Crippen molar-refractivity contribution in [2.45, 2.75) is 12.5 Å². The number of benzene rings is 2. The molecule has 2 amide bonds. The van der Waals surface area contributed by atoms with Crippen molar-refractivity contribution in [1.82, 2.24) is 0 Å². The van der Waals surface area contributed by atoms with Crippen LogP contribution in [0.3, 0.4) is 0 Å². The highest BCUT2D eigenvalue weighted by Crippen LogP contribution is 2.62. The van der Waals surface area contributed by atoms with Gasteiger partial charge < -0.3 is 4.84 Å². The quantitative estimate of drug-likeness (QED) is 0.735. The minimum absolute atomic E-state index is 0.0126. The summed E-state index contributed by atoms with van der Waals surface area (Å²) in [5.74, 6) is -0.692. The zero-order chi connectivity index (χ0) is 19.0. The predicted octanol–water partition coefficient (Wildman–Crippen LogP) is 3.51. The summed E-state index contributed by atoms with van der Waals surface area (Å²) >= 11 is 6.40. The molecule has 6 rings (SSSR count). The Balaban J connectivity index is 1.38. The number of hydrogen-bond acceptors (Lipinski definition) is 4. The van der Waals surface area contributed by atoms with Crippen LogP contribution < -0.4 is 4.90 Å². The molecule has 5 nitrogen and oxygen atoms in total. The molecule has 0 radical (unpaired) electrons. The molecule has 0 spiro atoms. The van der Waals surface area contributed by atoms with Gasteiger partial charge >= 0.3 is 0 Å². The maximum atomic E-state index is 13.3. The van der Waals surface area contributed by atoms with Crippen LogP contribution in [0.5, 0.6) is 0 Å². The van der Waals surface area contributed by atoms with Gasteiger partial charge in [0, 0.05) is 22.4 Å². The Morgan fingerprint density at radius 3 is 2.32 bits per heavy atom. The molecule has 6 heteroatoms. The first-order valence-electron chi connectivity index (χ1n) is 9.58. The molecule has 2 bridgehead atoms. The molecular weight excluding hydrogens is 376 g/mol. The van der Waals surface area contributed by atoms with E-state index in [1.54, 1.807) is 0 Å². The Morgan fingerprint density at radius 2 is 1.57 bits per heavy atom. The molecular formula is C22H17ClN2O3. The molecule has 0 aromatic heterocycles. The molecule has 2 aliphatic heterocycles. The van der Waals surface area contributed by atoms with E-state index in [9.17, 15) is 9.59 Å². The van der Waals surface area contributed by atoms with Gasteiger partial charge in [0.15, 0.2) is 0 Å². The maximum absolute atomic E-state index is 13.3. The van der Waals surface area contributed by atoms with Gasteiger partial charge in [0.2, 0.25) is 11.8 Å². The number of rotatable bonds is 2. The SMILES string of the molecule is O=C1[C@H]2[C@@H]3C[C@H]([C@H]4C(c5ccccc5Cl)=NO[C@H]34)[C@@H]2C(=O)N1c1ccccc1. The zero-order valence-electron chi connectivity index (χ0n) is 14.9. The Bertz CT molecular complexity index is 1040. The van der Waals surface area contributed by atoms with Gasteiger partial charge in [-0.2, -0.15) is 0 Å². The molecule has 2 aromatic rings.